The lowest BCUT2D eigenvalue weighted by molar-refractivity contribution is -0.122. The Hall–Kier alpha value is -1.69. The number of ether oxygens (including phenoxy) is 1. The average Bonchev–Trinajstić information content (AvgIpc) is 2.90. The molecule has 1 saturated heterocycles. The van der Waals surface area contributed by atoms with Crippen molar-refractivity contribution in [2.24, 2.45) is 5.92 Å². The Labute approximate surface area is 135 Å². The van der Waals surface area contributed by atoms with Crippen molar-refractivity contribution in [2.45, 2.75) is 19.9 Å². The van der Waals surface area contributed by atoms with Crippen LogP contribution in [0.15, 0.2) is 24.3 Å². The van der Waals surface area contributed by atoms with E-state index < -0.39 is 0 Å². The van der Waals surface area contributed by atoms with E-state index in [-0.39, 0.29) is 29.7 Å². The van der Waals surface area contributed by atoms with Gasteiger partial charge in [0.05, 0.1) is 13.2 Å². The molecule has 1 aliphatic rings. The van der Waals surface area contributed by atoms with Crippen molar-refractivity contribution in [3.05, 3.63) is 29.8 Å². The third-order valence-electron chi connectivity index (χ3n) is 3.64. The number of nitrogens with zero attached hydrogens (tertiary/aromatic N) is 1. The van der Waals surface area contributed by atoms with Gasteiger partial charge in [-0.2, -0.15) is 0 Å². The van der Waals surface area contributed by atoms with Gasteiger partial charge in [-0.1, -0.05) is 37.7 Å². The monoisotopic (exact) mass is 322 g/mol. The molecule has 1 aliphatic heterocycles. The SMILES string of the molecule is COc1ccc(C(NC(=O)CN2CCSC2=O)C(C)C)cc1. The number of benzene rings is 1. The molecule has 0 radical (unpaired) electrons. The summed E-state index contributed by atoms with van der Waals surface area (Å²) < 4.78 is 5.16. The van der Waals surface area contributed by atoms with Crippen molar-refractivity contribution in [1.29, 1.82) is 0 Å². The van der Waals surface area contributed by atoms with Gasteiger partial charge in [0.15, 0.2) is 0 Å². The summed E-state index contributed by atoms with van der Waals surface area (Å²) in [6, 6.07) is 7.61. The summed E-state index contributed by atoms with van der Waals surface area (Å²) in [5.41, 5.74) is 1.03. The number of carbonyl (C=O) groups excluding carboxylic acids is 2. The second kappa shape index (κ2) is 7.54. The van der Waals surface area contributed by atoms with E-state index in [1.807, 2.05) is 24.3 Å². The summed E-state index contributed by atoms with van der Waals surface area (Å²) in [5.74, 6) is 1.68. The lowest BCUT2D eigenvalue weighted by Gasteiger charge is -2.24. The number of amides is 2. The second-order valence-electron chi connectivity index (χ2n) is 5.60. The van der Waals surface area contributed by atoms with E-state index >= 15 is 0 Å². The zero-order chi connectivity index (χ0) is 16.1. The first kappa shape index (κ1) is 16.7. The molecule has 0 saturated carbocycles. The highest BCUT2D eigenvalue weighted by Gasteiger charge is 2.25. The molecule has 1 fully saturated rings. The fraction of sp³-hybridized carbons (Fsp3) is 0.500. The first-order chi connectivity index (χ1) is 10.5. The topological polar surface area (TPSA) is 58.6 Å². The maximum absolute atomic E-state index is 12.2. The molecule has 0 bridgehead atoms. The third kappa shape index (κ3) is 4.16. The lowest BCUT2D eigenvalue weighted by atomic mass is 9.96. The van der Waals surface area contributed by atoms with Crippen LogP contribution in [-0.2, 0) is 4.79 Å². The summed E-state index contributed by atoms with van der Waals surface area (Å²) in [6.07, 6.45) is 0. The fourth-order valence-electron chi connectivity index (χ4n) is 2.41. The number of hydrogen-bond acceptors (Lipinski definition) is 4. The van der Waals surface area contributed by atoms with Crippen LogP contribution in [0, 0.1) is 5.92 Å². The van der Waals surface area contributed by atoms with Gasteiger partial charge in [-0.15, -0.1) is 0 Å². The van der Waals surface area contributed by atoms with Gasteiger partial charge < -0.3 is 15.0 Å². The molecule has 0 aliphatic carbocycles. The summed E-state index contributed by atoms with van der Waals surface area (Å²) in [5, 5.41) is 3.02. The van der Waals surface area contributed by atoms with E-state index in [4.69, 9.17) is 4.74 Å². The first-order valence-electron chi connectivity index (χ1n) is 7.36. The Morgan fingerprint density at radius 2 is 2.05 bits per heavy atom. The molecular formula is C16H22N2O3S. The Morgan fingerprint density at radius 1 is 1.36 bits per heavy atom. The van der Waals surface area contributed by atoms with Crippen LogP contribution in [0.4, 0.5) is 4.79 Å². The Bertz CT molecular complexity index is 531. The predicted octanol–water partition coefficient (Wildman–Crippen LogP) is 2.68. The van der Waals surface area contributed by atoms with Crippen LogP contribution in [0.3, 0.4) is 0 Å². The van der Waals surface area contributed by atoms with Gasteiger partial charge in [0, 0.05) is 12.3 Å². The molecule has 0 aromatic heterocycles. The molecule has 1 aromatic carbocycles. The van der Waals surface area contributed by atoms with Gasteiger partial charge in [-0.3, -0.25) is 9.59 Å². The molecule has 120 valence electrons. The van der Waals surface area contributed by atoms with Crippen LogP contribution < -0.4 is 10.1 Å². The molecule has 0 spiro atoms. The summed E-state index contributed by atoms with van der Waals surface area (Å²) in [7, 11) is 1.63. The van der Waals surface area contributed by atoms with Crippen molar-refractivity contribution < 1.29 is 14.3 Å². The van der Waals surface area contributed by atoms with E-state index in [0.717, 1.165) is 17.1 Å². The predicted molar refractivity (Wildman–Crippen MR) is 88.1 cm³/mol. The molecule has 2 rings (SSSR count). The van der Waals surface area contributed by atoms with Crippen molar-refractivity contribution in [1.82, 2.24) is 10.2 Å². The Balaban J connectivity index is 2.01. The highest BCUT2D eigenvalue weighted by Crippen LogP contribution is 2.24. The van der Waals surface area contributed by atoms with Gasteiger partial charge in [0.2, 0.25) is 5.91 Å². The second-order valence-corrected chi connectivity index (χ2v) is 6.64. The van der Waals surface area contributed by atoms with Crippen molar-refractivity contribution in [3.8, 4) is 5.75 Å². The minimum atomic E-state index is -0.120. The first-order valence-corrected chi connectivity index (χ1v) is 8.35. The molecular weight excluding hydrogens is 300 g/mol. The number of rotatable bonds is 6. The quantitative estimate of drug-likeness (QED) is 0.875. The molecule has 22 heavy (non-hydrogen) atoms. The summed E-state index contributed by atoms with van der Waals surface area (Å²) in [4.78, 5) is 25.4. The fourth-order valence-corrected chi connectivity index (χ4v) is 3.23. The number of carbonyl (C=O) groups is 2. The van der Waals surface area contributed by atoms with E-state index in [2.05, 4.69) is 19.2 Å². The molecule has 1 aromatic rings. The maximum Gasteiger partial charge on any atom is 0.282 e. The minimum absolute atomic E-state index is 0.0132. The zero-order valence-electron chi connectivity index (χ0n) is 13.2. The third-order valence-corrected chi connectivity index (χ3v) is 4.53. The largest absolute Gasteiger partial charge is 0.497 e. The number of thioether (sulfide) groups is 1. The van der Waals surface area contributed by atoms with Gasteiger partial charge >= 0.3 is 0 Å². The van der Waals surface area contributed by atoms with Gasteiger partial charge in [0.1, 0.15) is 12.3 Å². The lowest BCUT2D eigenvalue weighted by Crippen LogP contribution is -2.40. The standard InChI is InChI=1S/C16H22N2O3S/c1-11(2)15(12-4-6-13(21-3)7-5-12)17-14(19)10-18-8-9-22-16(18)20/h4-7,11,15H,8-10H2,1-3H3,(H,17,19). The summed E-state index contributed by atoms with van der Waals surface area (Å²) >= 11 is 1.27. The van der Waals surface area contributed by atoms with Crippen molar-refractivity contribution in [3.63, 3.8) is 0 Å². The van der Waals surface area contributed by atoms with Crippen molar-refractivity contribution >= 4 is 22.9 Å². The van der Waals surface area contributed by atoms with Crippen molar-refractivity contribution in [2.75, 3.05) is 26.0 Å². The van der Waals surface area contributed by atoms with Crippen LogP contribution in [0.1, 0.15) is 25.5 Å². The Morgan fingerprint density at radius 3 is 2.55 bits per heavy atom. The molecule has 1 atom stereocenters. The van der Waals surface area contributed by atoms with Gasteiger partial charge in [-0.05, 0) is 23.6 Å². The molecule has 1 unspecified atom stereocenters. The molecule has 2 amide bonds. The van der Waals surface area contributed by atoms with E-state index in [0.29, 0.717) is 6.54 Å². The van der Waals surface area contributed by atoms with E-state index in [1.54, 1.807) is 12.0 Å². The smallest absolute Gasteiger partial charge is 0.282 e. The highest BCUT2D eigenvalue weighted by atomic mass is 32.2. The maximum atomic E-state index is 12.2. The Kier molecular flexibility index (Phi) is 5.71. The van der Waals surface area contributed by atoms with Crippen LogP contribution in [0.5, 0.6) is 5.75 Å². The minimum Gasteiger partial charge on any atom is -0.497 e. The highest BCUT2D eigenvalue weighted by molar-refractivity contribution is 8.13. The normalized spacial score (nSPS) is 16.0. The summed E-state index contributed by atoms with van der Waals surface area (Å²) in [6.45, 7) is 4.90. The number of hydrogen-bond donors (Lipinski definition) is 1. The molecule has 1 heterocycles. The average molecular weight is 322 g/mol. The van der Waals surface area contributed by atoms with Crippen LogP contribution in [0.25, 0.3) is 0 Å². The van der Waals surface area contributed by atoms with Crippen LogP contribution in [-0.4, -0.2) is 42.0 Å². The number of methoxy groups -OCH3 is 1. The molecule has 5 nitrogen and oxygen atoms in total. The van der Waals surface area contributed by atoms with E-state index in [9.17, 15) is 9.59 Å². The van der Waals surface area contributed by atoms with Gasteiger partial charge in [0.25, 0.3) is 5.24 Å². The zero-order valence-corrected chi connectivity index (χ0v) is 14.0. The molecule has 6 heteroatoms. The van der Waals surface area contributed by atoms with Crippen LogP contribution >= 0.6 is 11.8 Å². The molecule has 1 N–H and O–H groups in total. The van der Waals surface area contributed by atoms with Gasteiger partial charge in [-0.25, -0.2) is 0 Å². The van der Waals surface area contributed by atoms with E-state index in [1.165, 1.54) is 11.8 Å². The number of nitrogens with one attached hydrogen (secondary N) is 1. The van der Waals surface area contributed by atoms with Crippen LogP contribution in [0.2, 0.25) is 0 Å².